The maximum absolute atomic E-state index is 5.78. The van der Waals surface area contributed by atoms with Gasteiger partial charge in [0.1, 0.15) is 0 Å². The Hall–Kier alpha value is 0.250. The van der Waals surface area contributed by atoms with Crippen LogP contribution < -0.4 is 5.73 Å². The Balaban J connectivity index is 0.000000810. The summed E-state index contributed by atoms with van der Waals surface area (Å²) in [6.45, 7) is 2.17. The number of hydrogen-bond donors (Lipinski definition) is 1. The van der Waals surface area contributed by atoms with Crippen LogP contribution in [-0.4, -0.2) is 6.04 Å². The Morgan fingerprint density at radius 3 is 2.40 bits per heavy atom. The van der Waals surface area contributed by atoms with E-state index < -0.39 is 0 Å². The van der Waals surface area contributed by atoms with Gasteiger partial charge in [-0.2, -0.15) is 0 Å². The van der Waals surface area contributed by atoms with Crippen molar-refractivity contribution >= 4 is 12.4 Å². The summed E-state index contributed by atoms with van der Waals surface area (Å²) in [4.78, 5) is 0. The zero-order valence-corrected chi connectivity index (χ0v) is 7.49. The van der Waals surface area contributed by atoms with E-state index in [9.17, 15) is 0 Å². The van der Waals surface area contributed by atoms with Gasteiger partial charge in [0.2, 0.25) is 0 Å². The van der Waals surface area contributed by atoms with Gasteiger partial charge in [-0.25, -0.2) is 0 Å². The van der Waals surface area contributed by atoms with E-state index in [-0.39, 0.29) is 12.4 Å². The van der Waals surface area contributed by atoms with Crippen molar-refractivity contribution in [2.45, 2.75) is 45.1 Å². The highest BCUT2D eigenvalue weighted by atomic mass is 35.5. The molecule has 0 spiro atoms. The van der Waals surface area contributed by atoms with E-state index in [1.807, 2.05) is 0 Å². The van der Waals surface area contributed by atoms with Gasteiger partial charge in [0, 0.05) is 6.04 Å². The van der Waals surface area contributed by atoms with Crippen LogP contribution in [0.4, 0.5) is 0 Å². The molecule has 1 atom stereocenters. The first kappa shape index (κ1) is 10.2. The minimum absolute atomic E-state index is 0. The van der Waals surface area contributed by atoms with Crippen molar-refractivity contribution < 1.29 is 0 Å². The van der Waals surface area contributed by atoms with Gasteiger partial charge in [-0.15, -0.1) is 12.4 Å². The monoisotopic (exact) mass is 163 g/mol. The van der Waals surface area contributed by atoms with Crippen LogP contribution in [0.3, 0.4) is 0 Å². The second-order valence-electron chi connectivity index (χ2n) is 3.20. The smallest absolute Gasteiger partial charge is 0.00388 e. The minimum atomic E-state index is 0. The lowest BCUT2D eigenvalue weighted by atomic mass is 9.81. The molecule has 0 amide bonds. The van der Waals surface area contributed by atoms with Crippen LogP contribution in [0.2, 0.25) is 0 Å². The van der Waals surface area contributed by atoms with Crippen LogP contribution in [0.1, 0.15) is 39.0 Å². The second-order valence-corrected chi connectivity index (χ2v) is 3.20. The number of halogens is 1. The zero-order chi connectivity index (χ0) is 6.69. The van der Waals surface area contributed by atoms with Crippen LogP contribution in [0.25, 0.3) is 0 Å². The molecule has 0 aromatic carbocycles. The fourth-order valence-electron chi connectivity index (χ4n) is 1.32. The lowest BCUT2D eigenvalue weighted by Gasteiger charge is -2.27. The Bertz CT molecular complexity index is 78.6. The maximum atomic E-state index is 5.78. The molecule has 0 saturated heterocycles. The van der Waals surface area contributed by atoms with Crippen molar-refractivity contribution in [1.29, 1.82) is 0 Å². The van der Waals surface area contributed by atoms with Crippen LogP contribution >= 0.6 is 12.4 Å². The molecule has 0 aromatic heterocycles. The average molecular weight is 164 g/mol. The van der Waals surface area contributed by atoms with Gasteiger partial charge in [-0.3, -0.25) is 0 Å². The SMILES string of the molecule is CCC(N)CC1CCC1.Cl. The molecule has 1 nitrogen and oxygen atoms in total. The Kier molecular flexibility index (Phi) is 5.10. The summed E-state index contributed by atoms with van der Waals surface area (Å²) >= 11 is 0. The van der Waals surface area contributed by atoms with Crippen LogP contribution in [0.15, 0.2) is 0 Å². The molecule has 0 aromatic rings. The summed E-state index contributed by atoms with van der Waals surface area (Å²) in [5, 5.41) is 0. The molecule has 0 radical (unpaired) electrons. The summed E-state index contributed by atoms with van der Waals surface area (Å²) in [7, 11) is 0. The van der Waals surface area contributed by atoms with Gasteiger partial charge in [0.25, 0.3) is 0 Å². The van der Waals surface area contributed by atoms with E-state index in [4.69, 9.17) is 5.73 Å². The molecule has 0 heterocycles. The Labute approximate surface area is 69.8 Å². The topological polar surface area (TPSA) is 26.0 Å². The summed E-state index contributed by atoms with van der Waals surface area (Å²) in [5.74, 6) is 0.986. The van der Waals surface area contributed by atoms with Gasteiger partial charge >= 0.3 is 0 Å². The summed E-state index contributed by atoms with van der Waals surface area (Å²) in [6, 6.07) is 0.482. The molecule has 0 bridgehead atoms. The van der Waals surface area contributed by atoms with Crippen molar-refractivity contribution in [2.75, 3.05) is 0 Å². The highest BCUT2D eigenvalue weighted by molar-refractivity contribution is 5.85. The molecule has 1 rings (SSSR count). The van der Waals surface area contributed by atoms with Gasteiger partial charge in [0.05, 0.1) is 0 Å². The third kappa shape index (κ3) is 2.89. The number of hydrogen-bond acceptors (Lipinski definition) is 1. The second kappa shape index (κ2) is 4.97. The first-order chi connectivity index (χ1) is 4.33. The third-order valence-electron chi connectivity index (χ3n) is 2.39. The summed E-state index contributed by atoms with van der Waals surface area (Å²) < 4.78 is 0. The molecule has 0 aliphatic heterocycles. The van der Waals surface area contributed by atoms with Crippen molar-refractivity contribution in [1.82, 2.24) is 0 Å². The molecule has 10 heavy (non-hydrogen) atoms. The fourth-order valence-corrected chi connectivity index (χ4v) is 1.32. The Morgan fingerprint density at radius 1 is 1.50 bits per heavy atom. The summed E-state index contributed by atoms with van der Waals surface area (Å²) in [6.07, 6.45) is 6.75. The van der Waals surface area contributed by atoms with Gasteiger partial charge < -0.3 is 5.73 Å². The number of rotatable bonds is 3. The first-order valence-electron chi connectivity index (χ1n) is 4.08. The first-order valence-corrected chi connectivity index (χ1v) is 4.08. The highest BCUT2D eigenvalue weighted by Crippen LogP contribution is 2.30. The van der Waals surface area contributed by atoms with Gasteiger partial charge in [-0.05, 0) is 18.8 Å². The van der Waals surface area contributed by atoms with Crippen LogP contribution in [0.5, 0.6) is 0 Å². The highest BCUT2D eigenvalue weighted by Gasteiger charge is 2.18. The fraction of sp³-hybridized carbons (Fsp3) is 1.00. The minimum Gasteiger partial charge on any atom is -0.328 e. The van der Waals surface area contributed by atoms with E-state index in [0.29, 0.717) is 6.04 Å². The molecule has 62 valence electrons. The normalized spacial score (nSPS) is 21.0. The predicted octanol–water partition coefficient (Wildman–Crippen LogP) is 2.34. The lowest BCUT2D eigenvalue weighted by molar-refractivity contribution is 0.274. The van der Waals surface area contributed by atoms with Crippen molar-refractivity contribution in [3.63, 3.8) is 0 Å². The van der Waals surface area contributed by atoms with Crippen molar-refractivity contribution in [2.24, 2.45) is 11.7 Å². The average Bonchev–Trinajstić information content (AvgIpc) is 1.78. The Morgan fingerprint density at radius 2 is 2.10 bits per heavy atom. The number of nitrogens with two attached hydrogens (primary N) is 1. The van der Waals surface area contributed by atoms with E-state index in [1.165, 1.54) is 25.7 Å². The molecule has 1 unspecified atom stereocenters. The zero-order valence-electron chi connectivity index (χ0n) is 6.68. The predicted molar refractivity (Wildman–Crippen MR) is 47.5 cm³/mol. The molecule has 1 fully saturated rings. The molecule has 1 aliphatic rings. The standard InChI is InChI=1S/C8H17N.ClH/c1-2-8(9)6-7-4-3-5-7;/h7-8H,2-6,9H2,1H3;1H. The molecular weight excluding hydrogens is 146 g/mol. The van der Waals surface area contributed by atoms with Gasteiger partial charge in [0.15, 0.2) is 0 Å². The van der Waals surface area contributed by atoms with Gasteiger partial charge in [-0.1, -0.05) is 26.2 Å². The maximum Gasteiger partial charge on any atom is 0.00388 e. The van der Waals surface area contributed by atoms with E-state index >= 15 is 0 Å². The van der Waals surface area contributed by atoms with Crippen LogP contribution in [-0.2, 0) is 0 Å². The summed E-state index contributed by atoms with van der Waals surface area (Å²) in [5.41, 5.74) is 5.78. The van der Waals surface area contributed by atoms with Crippen molar-refractivity contribution in [3.05, 3.63) is 0 Å². The van der Waals surface area contributed by atoms with Crippen LogP contribution in [0, 0.1) is 5.92 Å². The third-order valence-corrected chi connectivity index (χ3v) is 2.39. The molecule has 2 N–H and O–H groups in total. The quantitative estimate of drug-likeness (QED) is 0.679. The van der Waals surface area contributed by atoms with E-state index in [2.05, 4.69) is 6.92 Å². The largest absolute Gasteiger partial charge is 0.328 e. The molecule has 1 saturated carbocycles. The van der Waals surface area contributed by atoms with Crippen molar-refractivity contribution in [3.8, 4) is 0 Å². The van der Waals surface area contributed by atoms with E-state index in [0.717, 1.165) is 12.3 Å². The molecule has 1 aliphatic carbocycles. The lowest BCUT2D eigenvalue weighted by Crippen LogP contribution is -2.25. The molecular formula is C8H18ClN. The molecule has 2 heteroatoms. The van der Waals surface area contributed by atoms with E-state index in [1.54, 1.807) is 0 Å².